The van der Waals surface area contributed by atoms with E-state index in [0.717, 1.165) is 0 Å². The van der Waals surface area contributed by atoms with Gasteiger partial charge in [-0.15, -0.1) is 0 Å². The van der Waals surface area contributed by atoms with E-state index in [2.05, 4.69) is 0 Å². The Labute approximate surface area is 87.2 Å². The zero-order chi connectivity index (χ0) is 12.6. The molecular weight excluding hydrogens is 240 g/mol. The molecule has 1 atom stereocenters. The van der Waals surface area contributed by atoms with Gasteiger partial charge in [-0.25, -0.2) is 0 Å². The van der Waals surface area contributed by atoms with Crippen LogP contribution in [0, 0.1) is 5.92 Å². The van der Waals surface area contributed by atoms with Crippen molar-refractivity contribution in [2.24, 2.45) is 5.92 Å². The number of amides is 1. The Hall–Kier alpha value is -0.950. The predicted molar refractivity (Wildman–Crippen MR) is 41.4 cm³/mol. The molecule has 94 valence electrons. The minimum absolute atomic E-state index is 0.0403. The molecule has 0 spiro atoms. The molecule has 0 aliphatic carbocycles. The van der Waals surface area contributed by atoms with Gasteiger partial charge >= 0.3 is 18.3 Å². The fourth-order valence-electron chi connectivity index (χ4n) is 1.69. The van der Waals surface area contributed by atoms with Crippen LogP contribution < -0.4 is 0 Å². The van der Waals surface area contributed by atoms with Gasteiger partial charge in [0.15, 0.2) is 0 Å². The second-order valence-corrected chi connectivity index (χ2v) is 3.72. The molecule has 1 aliphatic heterocycles. The van der Waals surface area contributed by atoms with Crippen molar-refractivity contribution in [3.05, 3.63) is 0 Å². The van der Waals surface area contributed by atoms with E-state index >= 15 is 0 Å². The monoisotopic (exact) mass is 249 g/mol. The molecule has 0 radical (unpaired) electrons. The lowest BCUT2D eigenvalue weighted by atomic mass is 10.1. The van der Waals surface area contributed by atoms with Gasteiger partial charge in [0.2, 0.25) is 0 Å². The molecule has 16 heavy (non-hydrogen) atoms. The molecule has 1 heterocycles. The molecule has 0 saturated carbocycles. The number of carbonyl (C=O) groups is 1. The lowest BCUT2D eigenvalue weighted by Crippen LogP contribution is -2.39. The predicted octanol–water partition coefficient (Wildman–Crippen LogP) is 2.35. The summed E-state index contributed by atoms with van der Waals surface area (Å²) >= 11 is 0. The molecule has 1 fully saturated rings. The Balaban J connectivity index is 2.50. The first-order valence-electron chi connectivity index (χ1n) is 4.52. The highest BCUT2D eigenvalue weighted by molar-refractivity contribution is 5.82. The minimum Gasteiger partial charge on any atom is -0.335 e. The summed E-state index contributed by atoms with van der Waals surface area (Å²) in [4.78, 5) is 11.1. The molecule has 1 aliphatic rings. The van der Waals surface area contributed by atoms with Gasteiger partial charge in [0, 0.05) is 19.5 Å². The number of rotatable bonds is 1. The van der Waals surface area contributed by atoms with Crippen molar-refractivity contribution >= 4 is 5.91 Å². The van der Waals surface area contributed by atoms with Crippen LogP contribution in [0.5, 0.6) is 0 Å². The second kappa shape index (κ2) is 4.14. The summed E-state index contributed by atoms with van der Waals surface area (Å²) in [5, 5.41) is 0. The SMILES string of the molecule is O=C(N1CC[C@@H](CC(F)(F)F)C1)C(F)(F)F. The third kappa shape index (κ3) is 3.57. The molecular formula is C8H9F6NO. The van der Waals surface area contributed by atoms with Crippen molar-refractivity contribution in [2.75, 3.05) is 13.1 Å². The van der Waals surface area contributed by atoms with E-state index in [1.54, 1.807) is 0 Å². The van der Waals surface area contributed by atoms with Gasteiger partial charge in [-0.3, -0.25) is 4.79 Å². The van der Waals surface area contributed by atoms with Crippen LogP contribution in [0.3, 0.4) is 0 Å². The van der Waals surface area contributed by atoms with Crippen LogP contribution in [0.15, 0.2) is 0 Å². The molecule has 0 unspecified atom stereocenters. The van der Waals surface area contributed by atoms with Gasteiger partial charge < -0.3 is 4.90 Å². The van der Waals surface area contributed by atoms with Crippen LogP contribution in [-0.4, -0.2) is 36.2 Å². The van der Waals surface area contributed by atoms with Crippen LogP contribution >= 0.6 is 0 Å². The van der Waals surface area contributed by atoms with Crippen LogP contribution in [0.4, 0.5) is 26.3 Å². The largest absolute Gasteiger partial charge is 0.471 e. The molecule has 0 aromatic rings. The molecule has 1 saturated heterocycles. The maximum atomic E-state index is 12.0. The van der Waals surface area contributed by atoms with E-state index in [0.29, 0.717) is 4.90 Å². The van der Waals surface area contributed by atoms with Gasteiger partial charge in [-0.1, -0.05) is 0 Å². The molecule has 8 heteroatoms. The van der Waals surface area contributed by atoms with E-state index in [4.69, 9.17) is 0 Å². The normalized spacial score (nSPS) is 22.6. The first kappa shape index (κ1) is 13.1. The van der Waals surface area contributed by atoms with Crippen LogP contribution in [0.1, 0.15) is 12.8 Å². The number of hydrogen-bond acceptors (Lipinski definition) is 1. The highest BCUT2D eigenvalue weighted by atomic mass is 19.4. The fraction of sp³-hybridized carbons (Fsp3) is 0.875. The second-order valence-electron chi connectivity index (χ2n) is 3.72. The number of halogens is 6. The van der Waals surface area contributed by atoms with Crippen LogP contribution in [0.2, 0.25) is 0 Å². The minimum atomic E-state index is -5.01. The van der Waals surface area contributed by atoms with E-state index in [-0.39, 0.29) is 13.0 Å². The number of carbonyl (C=O) groups excluding carboxylic acids is 1. The van der Waals surface area contributed by atoms with Crippen molar-refractivity contribution in [3.63, 3.8) is 0 Å². The molecule has 2 nitrogen and oxygen atoms in total. The summed E-state index contributed by atoms with van der Waals surface area (Å²) in [6, 6.07) is 0. The summed E-state index contributed by atoms with van der Waals surface area (Å²) in [6.07, 6.45) is -10.6. The Morgan fingerprint density at radius 1 is 1.19 bits per heavy atom. The average molecular weight is 249 g/mol. The zero-order valence-electron chi connectivity index (χ0n) is 8.03. The molecule has 0 aromatic heterocycles. The number of likely N-dealkylation sites (tertiary alicyclic amines) is 1. The molecule has 0 N–H and O–H groups in total. The molecule has 1 rings (SSSR count). The summed E-state index contributed by atoms with van der Waals surface area (Å²) < 4.78 is 71.7. The van der Waals surface area contributed by atoms with Gasteiger partial charge in [-0.05, 0) is 12.3 Å². The van der Waals surface area contributed by atoms with Gasteiger partial charge in [0.05, 0.1) is 0 Å². The first-order valence-corrected chi connectivity index (χ1v) is 4.52. The van der Waals surface area contributed by atoms with Gasteiger partial charge in [-0.2, -0.15) is 26.3 Å². The van der Waals surface area contributed by atoms with Crippen molar-refractivity contribution in [2.45, 2.75) is 25.2 Å². The lowest BCUT2D eigenvalue weighted by Gasteiger charge is -2.18. The topological polar surface area (TPSA) is 20.3 Å². The van der Waals surface area contributed by atoms with Gasteiger partial charge in [0.1, 0.15) is 0 Å². The number of hydrogen-bond donors (Lipinski definition) is 0. The lowest BCUT2D eigenvalue weighted by molar-refractivity contribution is -0.184. The summed E-state index contributed by atoms with van der Waals surface area (Å²) in [6.45, 7) is -0.739. The van der Waals surface area contributed by atoms with Crippen molar-refractivity contribution in [3.8, 4) is 0 Å². The van der Waals surface area contributed by atoms with E-state index in [1.165, 1.54) is 0 Å². The van der Waals surface area contributed by atoms with Crippen molar-refractivity contribution < 1.29 is 31.1 Å². The average Bonchev–Trinajstić information content (AvgIpc) is 2.46. The number of alkyl halides is 6. The fourth-order valence-corrected chi connectivity index (χ4v) is 1.69. The summed E-state index contributed by atoms with van der Waals surface area (Å²) in [7, 11) is 0. The van der Waals surface area contributed by atoms with Crippen molar-refractivity contribution in [1.29, 1.82) is 0 Å². The molecule has 0 bridgehead atoms. The Kier molecular flexibility index (Phi) is 3.39. The third-order valence-corrected chi connectivity index (χ3v) is 2.34. The smallest absolute Gasteiger partial charge is 0.335 e. The molecule has 0 aromatic carbocycles. The standard InChI is InChI=1S/C8H9F6NO/c9-7(10,11)3-5-1-2-15(4-5)6(16)8(12,13)14/h5H,1-4H2/t5-/m0/s1. The highest BCUT2D eigenvalue weighted by Crippen LogP contribution is 2.32. The Bertz CT molecular complexity index is 271. The number of nitrogens with zero attached hydrogens (tertiary/aromatic N) is 1. The molecule has 1 amide bonds. The van der Waals surface area contributed by atoms with Crippen LogP contribution in [0.25, 0.3) is 0 Å². The maximum Gasteiger partial charge on any atom is 0.471 e. The Morgan fingerprint density at radius 2 is 1.75 bits per heavy atom. The van der Waals surface area contributed by atoms with Crippen molar-refractivity contribution in [1.82, 2.24) is 4.90 Å². The summed E-state index contributed by atoms with van der Waals surface area (Å²) in [5.41, 5.74) is 0. The Morgan fingerprint density at radius 3 is 2.19 bits per heavy atom. The quantitative estimate of drug-likeness (QED) is 0.653. The third-order valence-electron chi connectivity index (χ3n) is 2.34. The van der Waals surface area contributed by atoms with E-state index < -0.39 is 37.1 Å². The van der Waals surface area contributed by atoms with E-state index in [9.17, 15) is 31.1 Å². The zero-order valence-corrected chi connectivity index (χ0v) is 8.03. The highest BCUT2D eigenvalue weighted by Gasteiger charge is 2.45. The summed E-state index contributed by atoms with van der Waals surface area (Å²) in [5.74, 6) is -2.98. The van der Waals surface area contributed by atoms with Crippen LogP contribution in [-0.2, 0) is 4.79 Å². The maximum absolute atomic E-state index is 12.0. The van der Waals surface area contributed by atoms with E-state index in [1.807, 2.05) is 0 Å². The first-order chi connectivity index (χ1) is 7.09. The van der Waals surface area contributed by atoms with Gasteiger partial charge in [0.25, 0.3) is 0 Å².